The van der Waals surface area contributed by atoms with Gasteiger partial charge in [-0.3, -0.25) is 4.79 Å². The van der Waals surface area contributed by atoms with Crippen molar-refractivity contribution in [3.05, 3.63) is 57.8 Å². The van der Waals surface area contributed by atoms with Crippen LogP contribution in [0.1, 0.15) is 16.7 Å². The van der Waals surface area contributed by atoms with E-state index in [2.05, 4.69) is 33.4 Å². The van der Waals surface area contributed by atoms with E-state index in [-0.39, 0.29) is 5.91 Å². The van der Waals surface area contributed by atoms with Crippen molar-refractivity contribution in [3.63, 3.8) is 0 Å². The number of hydrogen-bond acceptors (Lipinski definition) is 2. The number of benzene rings is 1. The third kappa shape index (κ3) is 3.96. The van der Waals surface area contributed by atoms with Crippen LogP contribution in [0.4, 0.5) is 0 Å². The maximum atomic E-state index is 11.7. The number of amides is 1. The molecule has 0 fully saturated rings. The molecule has 0 unspecified atom stereocenters. The fourth-order valence-corrected chi connectivity index (χ4v) is 2.68. The fraction of sp³-hybridized carbons (Fsp3) is 0.214. The summed E-state index contributed by atoms with van der Waals surface area (Å²) < 4.78 is 0. The molecule has 4 heteroatoms. The van der Waals surface area contributed by atoms with Gasteiger partial charge in [0.1, 0.15) is 0 Å². The molecule has 2 nitrogen and oxygen atoms in total. The van der Waals surface area contributed by atoms with E-state index in [0.717, 1.165) is 16.5 Å². The Morgan fingerprint density at radius 1 is 1.22 bits per heavy atom. The minimum absolute atomic E-state index is 0.0673. The monoisotopic (exact) mass is 323 g/mol. The van der Waals surface area contributed by atoms with Crippen molar-refractivity contribution in [2.45, 2.75) is 18.3 Å². The van der Waals surface area contributed by atoms with Gasteiger partial charge >= 0.3 is 0 Å². The lowest BCUT2D eigenvalue weighted by atomic mass is 10.1. The van der Waals surface area contributed by atoms with Gasteiger partial charge in [0.05, 0.1) is 6.42 Å². The van der Waals surface area contributed by atoms with Crippen LogP contribution < -0.4 is 5.32 Å². The molecule has 0 aliphatic carbocycles. The maximum absolute atomic E-state index is 11.7. The zero-order chi connectivity index (χ0) is 12.8. The van der Waals surface area contributed by atoms with Crippen LogP contribution >= 0.6 is 27.3 Å². The second-order valence-corrected chi connectivity index (χ2v) is 5.38. The predicted molar refractivity (Wildman–Crippen MR) is 78.9 cm³/mol. The van der Waals surface area contributed by atoms with Crippen molar-refractivity contribution in [1.29, 1.82) is 0 Å². The molecule has 0 spiro atoms. The lowest BCUT2D eigenvalue weighted by molar-refractivity contribution is -0.120. The lowest BCUT2D eigenvalue weighted by Crippen LogP contribution is -2.24. The van der Waals surface area contributed by atoms with E-state index < -0.39 is 0 Å². The van der Waals surface area contributed by atoms with Crippen LogP contribution in [0.15, 0.2) is 41.1 Å². The van der Waals surface area contributed by atoms with E-state index in [4.69, 9.17) is 0 Å². The Morgan fingerprint density at radius 2 is 2.06 bits per heavy atom. The molecule has 1 aromatic carbocycles. The summed E-state index contributed by atoms with van der Waals surface area (Å²) in [4.78, 5) is 11.7. The molecule has 2 aromatic rings. The minimum Gasteiger partial charge on any atom is -0.352 e. The Morgan fingerprint density at radius 3 is 2.78 bits per heavy atom. The van der Waals surface area contributed by atoms with Crippen molar-refractivity contribution in [1.82, 2.24) is 5.32 Å². The van der Waals surface area contributed by atoms with Gasteiger partial charge in [-0.15, -0.1) is 0 Å². The van der Waals surface area contributed by atoms with Crippen LogP contribution in [0, 0.1) is 0 Å². The average molecular weight is 324 g/mol. The molecule has 0 atom stereocenters. The van der Waals surface area contributed by atoms with Crippen LogP contribution in [0.25, 0.3) is 0 Å². The van der Waals surface area contributed by atoms with E-state index in [1.165, 1.54) is 5.56 Å². The van der Waals surface area contributed by atoms with E-state index in [9.17, 15) is 4.79 Å². The van der Waals surface area contributed by atoms with Crippen LogP contribution in [-0.2, 0) is 23.1 Å². The molecule has 0 aliphatic heterocycles. The van der Waals surface area contributed by atoms with Gasteiger partial charge in [0.2, 0.25) is 5.91 Å². The molecular weight excluding hydrogens is 310 g/mol. The molecule has 1 aromatic heterocycles. The smallest absolute Gasteiger partial charge is 0.224 e. The average Bonchev–Trinajstić information content (AvgIpc) is 2.89. The van der Waals surface area contributed by atoms with E-state index in [0.29, 0.717) is 13.0 Å². The second-order valence-electron chi connectivity index (χ2n) is 4.04. The molecule has 0 saturated heterocycles. The number of alkyl halides is 1. The topological polar surface area (TPSA) is 29.1 Å². The highest BCUT2D eigenvalue weighted by Gasteiger charge is 2.03. The summed E-state index contributed by atoms with van der Waals surface area (Å²) in [5.74, 6) is 0.0673. The van der Waals surface area contributed by atoms with Crippen molar-refractivity contribution in [3.8, 4) is 0 Å². The minimum atomic E-state index is 0.0673. The van der Waals surface area contributed by atoms with Crippen molar-refractivity contribution >= 4 is 33.2 Å². The molecule has 0 bridgehead atoms. The number of nitrogens with one attached hydrogen (secondary N) is 1. The molecule has 1 heterocycles. The Balaban J connectivity index is 1.85. The number of carbonyl (C=O) groups is 1. The largest absolute Gasteiger partial charge is 0.352 e. The molecule has 2 rings (SSSR count). The number of halogens is 1. The van der Waals surface area contributed by atoms with Crippen molar-refractivity contribution < 1.29 is 4.79 Å². The maximum Gasteiger partial charge on any atom is 0.224 e. The molecule has 94 valence electrons. The third-order valence-corrected chi connectivity index (χ3v) is 3.96. The summed E-state index contributed by atoms with van der Waals surface area (Å²) in [5, 5.41) is 7.77. The standard InChI is InChI=1S/C14H14BrNOS/c15-8-11-2-1-3-12(6-11)9-16-14(17)7-13-4-5-18-10-13/h1-6,10H,7-9H2,(H,16,17). The van der Waals surface area contributed by atoms with E-state index >= 15 is 0 Å². The molecule has 0 radical (unpaired) electrons. The van der Waals surface area contributed by atoms with Gasteiger partial charge in [-0.05, 0) is 33.5 Å². The van der Waals surface area contributed by atoms with Crippen LogP contribution in [-0.4, -0.2) is 5.91 Å². The van der Waals surface area contributed by atoms with Crippen LogP contribution in [0.3, 0.4) is 0 Å². The molecule has 1 N–H and O–H groups in total. The molecule has 0 aliphatic rings. The van der Waals surface area contributed by atoms with Gasteiger partial charge in [-0.2, -0.15) is 11.3 Å². The number of thiophene rings is 1. The van der Waals surface area contributed by atoms with Crippen molar-refractivity contribution in [2.75, 3.05) is 0 Å². The number of rotatable bonds is 5. The lowest BCUT2D eigenvalue weighted by Gasteiger charge is -2.06. The van der Waals surface area contributed by atoms with Gasteiger partial charge in [0, 0.05) is 11.9 Å². The first-order chi connectivity index (χ1) is 8.78. The summed E-state index contributed by atoms with van der Waals surface area (Å²) in [7, 11) is 0. The van der Waals surface area contributed by atoms with Gasteiger partial charge < -0.3 is 5.32 Å². The first kappa shape index (κ1) is 13.3. The van der Waals surface area contributed by atoms with Gasteiger partial charge in [0.25, 0.3) is 0 Å². The normalized spacial score (nSPS) is 10.3. The Hall–Kier alpha value is -1.13. The molecule has 0 saturated carbocycles. The summed E-state index contributed by atoms with van der Waals surface area (Å²) in [6, 6.07) is 10.2. The SMILES string of the molecule is O=C(Cc1ccsc1)NCc1cccc(CBr)c1. The summed E-state index contributed by atoms with van der Waals surface area (Å²) in [6.45, 7) is 0.587. The fourth-order valence-electron chi connectivity index (χ4n) is 1.66. The zero-order valence-electron chi connectivity index (χ0n) is 9.86. The predicted octanol–water partition coefficient (Wildman–Crippen LogP) is 3.50. The summed E-state index contributed by atoms with van der Waals surface area (Å²) in [5.41, 5.74) is 3.43. The quantitative estimate of drug-likeness (QED) is 0.838. The van der Waals surface area contributed by atoms with Crippen LogP contribution in [0.2, 0.25) is 0 Å². The van der Waals surface area contributed by atoms with E-state index in [1.807, 2.05) is 29.0 Å². The van der Waals surface area contributed by atoms with Gasteiger partial charge in [0.15, 0.2) is 0 Å². The highest BCUT2D eigenvalue weighted by Crippen LogP contribution is 2.09. The van der Waals surface area contributed by atoms with Gasteiger partial charge in [-0.1, -0.05) is 40.2 Å². The zero-order valence-corrected chi connectivity index (χ0v) is 12.3. The Kier molecular flexibility index (Phi) is 4.96. The van der Waals surface area contributed by atoms with E-state index in [1.54, 1.807) is 11.3 Å². The summed E-state index contributed by atoms with van der Waals surface area (Å²) in [6.07, 6.45) is 0.460. The second kappa shape index (κ2) is 6.71. The highest BCUT2D eigenvalue weighted by molar-refractivity contribution is 9.08. The first-order valence-electron chi connectivity index (χ1n) is 5.69. The first-order valence-corrected chi connectivity index (χ1v) is 7.76. The number of hydrogen-bond donors (Lipinski definition) is 1. The Bertz CT molecular complexity index is 510. The Labute approximate surface area is 119 Å². The van der Waals surface area contributed by atoms with Crippen LogP contribution in [0.5, 0.6) is 0 Å². The third-order valence-electron chi connectivity index (χ3n) is 2.58. The van der Waals surface area contributed by atoms with Crippen molar-refractivity contribution in [2.24, 2.45) is 0 Å². The molecular formula is C14H14BrNOS. The van der Waals surface area contributed by atoms with Gasteiger partial charge in [-0.25, -0.2) is 0 Å². The molecule has 18 heavy (non-hydrogen) atoms. The molecule has 1 amide bonds. The number of carbonyl (C=O) groups excluding carboxylic acids is 1. The highest BCUT2D eigenvalue weighted by atomic mass is 79.9. The summed E-state index contributed by atoms with van der Waals surface area (Å²) >= 11 is 5.04.